The number of furan rings is 1. The Morgan fingerprint density at radius 2 is 2.03 bits per heavy atom. The van der Waals surface area contributed by atoms with Gasteiger partial charge in [-0.25, -0.2) is 4.79 Å². The third-order valence-corrected chi connectivity index (χ3v) is 7.60. The van der Waals surface area contributed by atoms with Gasteiger partial charge in [0.25, 0.3) is 5.56 Å². The number of hydrogen-bond acceptors (Lipinski definition) is 6. The molecule has 0 fully saturated rings. The third kappa shape index (κ3) is 3.25. The van der Waals surface area contributed by atoms with E-state index < -0.39 is 16.5 Å². The molecule has 3 aromatic heterocycles. The van der Waals surface area contributed by atoms with Crippen molar-refractivity contribution in [2.45, 2.75) is 17.0 Å². The highest BCUT2D eigenvalue weighted by atomic mass is 35.5. The molecule has 0 radical (unpaired) electrons. The molecular weight excluding hydrogens is 464 g/mol. The zero-order valence-corrected chi connectivity index (χ0v) is 19.4. The van der Waals surface area contributed by atoms with Gasteiger partial charge in [-0.3, -0.25) is 13.9 Å². The van der Waals surface area contributed by atoms with Crippen LogP contribution in [0.1, 0.15) is 22.3 Å². The molecule has 1 aromatic carbocycles. The SMILES string of the molecule is Cn1c(=O)c2c(-c3cccc(C#N)c3)n3c(c2n(C)c1=O)[C@H](c1ccc(Cl)o1)S[C@@H](CO)C3. The summed E-state index contributed by atoms with van der Waals surface area (Å²) in [5.74, 6) is 0.564. The first-order valence-corrected chi connectivity index (χ1v) is 11.5. The van der Waals surface area contributed by atoms with Crippen LogP contribution < -0.4 is 11.2 Å². The van der Waals surface area contributed by atoms with Gasteiger partial charge >= 0.3 is 5.69 Å². The molecule has 0 saturated carbocycles. The van der Waals surface area contributed by atoms with Crippen molar-refractivity contribution in [3.8, 4) is 17.3 Å². The summed E-state index contributed by atoms with van der Waals surface area (Å²) in [6.07, 6.45) is 0. The lowest BCUT2D eigenvalue weighted by molar-refractivity contribution is 0.283. The Kier molecular flexibility index (Phi) is 5.24. The van der Waals surface area contributed by atoms with Crippen molar-refractivity contribution in [2.24, 2.45) is 14.1 Å². The van der Waals surface area contributed by atoms with E-state index in [2.05, 4.69) is 6.07 Å². The predicted molar refractivity (Wildman–Crippen MR) is 127 cm³/mol. The number of rotatable bonds is 3. The zero-order chi connectivity index (χ0) is 23.4. The lowest BCUT2D eigenvalue weighted by atomic mass is 10.1. The molecule has 10 heteroatoms. The lowest BCUT2D eigenvalue weighted by Crippen LogP contribution is -2.37. The van der Waals surface area contributed by atoms with E-state index in [1.807, 2.05) is 10.6 Å². The molecule has 5 rings (SSSR count). The second-order valence-electron chi connectivity index (χ2n) is 7.93. The van der Waals surface area contributed by atoms with Gasteiger partial charge in [0.05, 0.1) is 40.5 Å². The summed E-state index contributed by atoms with van der Waals surface area (Å²) in [6, 6.07) is 12.6. The molecule has 0 unspecified atom stereocenters. The van der Waals surface area contributed by atoms with Crippen molar-refractivity contribution < 1.29 is 9.52 Å². The number of halogens is 1. The summed E-state index contributed by atoms with van der Waals surface area (Å²) in [6.45, 7) is 0.331. The maximum absolute atomic E-state index is 13.4. The summed E-state index contributed by atoms with van der Waals surface area (Å²) in [5, 5.41) is 19.5. The summed E-state index contributed by atoms with van der Waals surface area (Å²) >= 11 is 7.56. The fourth-order valence-electron chi connectivity index (χ4n) is 4.51. The molecule has 4 aromatic rings. The van der Waals surface area contributed by atoms with E-state index in [0.717, 1.165) is 10.3 Å². The van der Waals surface area contributed by atoms with E-state index >= 15 is 0 Å². The van der Waals surface area contributed by atoms with Crippen LogP contribution >= 0.6 is 23.4 Å². The Bertz CT molecular complexity index is 1570. The minimum Gasteiger partial charge on any atom is -0.448 e. The van der Waals surface area contributed by atoms with Gasteiger partial charge < -0.3 is 14.1 Å². The van der Waals surface area contributed by atoms with Crippen LogP contribution in [0.3, 0.4) is 0 Å². The van der Waals surface area contributed by atoms with E-state index in [1.54, 1.807) is 37.4 Å². The first-order valence-electron chi connectivity index (χ1n) is 10.2. The fraction of sp³-hybridized carbons (Fsp3) is 0.261. The number of aryl methyl sites for hydroxylation is 1. The molecule has 1 N–H and O–H groups in total. The Balaban J connectivity index is 1.97. The normalized spacial score (nSPS) is 17.8. The summed E-state index contributed by atoms with van der Waals surface area (Å²) in [7, 11) is 3.08. The Hall–Kier alpha value is -3.19. The molecule has 0 saturated heterocycles. The fourth-order valence-corrected chi connectivity index (χ4v) is 5.99. The number of nitriles is 1. The summed E-state index contributed by atoms with van der Waals surface area (Å²) in [5.41, 5.74) is 2.10. The molecular formula is C23H19ClN4O4S. The summed E-state index contributed by atoms with van der Waals surface area (Å²) in [4.78, 5) is 26.3. The van der Waals surface area contributed by atoms with Crippen molar-refractivity contribution in [1.82, 2.24) is 13.7 Å². The molecule has 33 heavy (non-hydrogen) atoms. The molecule has 0 aliphatic carbocycles. The van der Waals surface area contributed by atoms with Crippen LogP contribution in [-0.2, 0) is 20.6 Å². The molecule has 4 heterocycles. The number of fused-ring (bicyclic) bond motifs is 3. The minimum absolute atomic E-state index is 0.0851. The predicted octanol–water partition coefficient (Wildman–Crippen LogP) is 3.02. The van der Waals surface area contributed by atoms with Crippen molar-refractivity contribution in [2.75, 3.05) is 6.61 Å². The Morgan fingerprint density at radius 1 is 1.24 bits per heavy atom. The van der Waals surface area contributed by atoms with E-state index in [9.17, 15) is 20.0 Å². The van der Waals surface area contributed by atoms with Gasteiger partial charge in [0.15, 0.2) is 5.22 Å². The van der Waals surface area contributed by atoms with Gasteiger partial charge in [-0.1, -0.05) is 12.1 Å². The molecule has 1 aliphatic rings. The Morgan fingerprint density at radius 3 is 2.70 bits per heavy atom. The standard InChI is InChI=1S/C23H19ClN4O4S/c1-26-19-17(22(30)27(2)23(26)31)18(13-5-3-4-12(8-13)9-25)28-10-14(11-29)33-21(20(19)28)15-6-7-16(24)32-15/h3-8,14,21,29H,10-11H2,1-2H3/t14-,21+/m1/s1. The maximum Gasteiger partial charge on any atom is 0.331 e. The van der Waals surface area contributed by atoms with Crippen LogP contribution in [0.5, 0.6) is 0 Å². The number of benzene rings is 1. The highest BCUT2D eigenvalue weighted by Crippen LogP contribution is 2.49. The summed E-state index contributed by atoms with van der Waals surface area (Å²) < 4.78 is 10.3. The maximum atomic E-state index is 13.4. The van der Waals surface area contributed by atoms with E-state index in [4.69, 9.17) is 16.0 Å². The van der Waals surface area contributed by atoms with E-state index in [0.29, 0.717) is 40.0 Å². The molecule has 0 bridgehead atoms. The van der Waals surface area contributed by atoms with Crippen LogP contribution in [-0.4, -0.2) is 30.7 Å². The molecule has 0 amide bonds. The molecule has 2 atom stereocenters. The monoisotopic (exact) mass is 482 g/mol. The third-order valence-electron chi connectivity index (χ3n) is 5.99. The minimum atomic E-state index is -0.441. The first kappa shape index (κ1) is 21.6. The second-order valence-corrected chi connectivity index (χ2v) is 9.71. The number of aromatic nitrogens is 3. The largest absolute Gasteiger partial charge is 0.448 e. The first-order chi connectivity index (χ1) is 15.8. The smallest absolute Gasteiger partial charge is 0.331 e. The highest BCUT2D eigenvalue weighted by Gasteiger charge is 2.37. The van der Waals surface area contributed by atoms with Crippen LogP contribution in [0.4, 0.5) is 0 Å². The molecule has 8 nitrogen and oxygen atoms in total. The zero-order valence-electron chi connectivity index (χ0n) is 17.8. The number of aliphatic hydroxyl groups excluding tert-OH is 1. The van der Waals surface area contributed by atoms with Crippen molar-refractivity contribution in [3.63, 3.8) is 0 Å². The van der Waals surface area contributed by atoms with Crippen molar-refractivity contribution in [3.05, 3.63) is 79.5 Å². The van der Waals surface area contributed by atoms with Crippen LogP contribution in [0.25, 0.3) is 22.2 Å². The number of thioether (sulfide) groups is 1. The second kappa shape index (κ2) is 7.99. The lowest BCUT2D eigenvalue weighted by Gasteiger charge is -2.30. The van der Waals surface area contributed by atoms with Crippen molar-refractivity contribution in [1.29, 1.82) is 5.26 Å². The van der Waals surface area contributed by atoms with Gasteiger partial charge in [0.1, 0.15) is 11.0 Å². The quantitative estimate of drug-likeness (QED) is 0.481. The number of hydrogen-bond donors (Lipinski definition) is 1. The van der Waals surface area contributed by atoms with Gasteiger partial charge in [0.2, 0.25) is 0 Å². The van der Waals surface area contributed by atoms with Crippen LogP contribution in [0.2, 0.25) is 5.22 Å². The Labute approximate surface area is 197 Å². The average molecular weight is 483 g/mol. The molecule has 0 spiro atoms. The van der Waals surface area contributed by atoms with Crippen LogP contribution in [0.15, 0.2) is 50.4 Å². The number of aliphatic hydroxyl groups is 1. The van der Waals surface area contributed by atoms with E-state index in [1.165, 1.54) is 23.4 Å². The van der Waals surface area contributed by atoms with Gasteiger partial charge in [-0.05, 0) is 35.9 Å². The average Bonchev–Trinajstić information content (AvgIpc) is 3.42. The molecule has 168 valence electrons. The number of nitrogens with zero attached hydrogens (tertiary/aromatic N) is 4. The molecule has 1 aliphatic heterocycles. The van der Waals surface area contributed by atoms with E-state index in [-0.39, 0.29) is 17.1 Å². The highest BCUT2D eigenvalue weighted by molar-refractivity contribution is 8.00. The van der Waals surface area contributed by atoms with Crippen LogP contribution in [0, 0.1) is 11.3 Å². The van der Waals surface area contributed by atoms with Crippen molar-refractivity contribution >= 4 is 34.3 Å². The van der Waals surface area contributed by atoms with Gasteiger partial charge in [-0.15, -0.1) is 11.8 Å². The van der Waals surface area contributed by atoms with Gasteiger partial charge in [0, 0.05) is 31.5 Å². The topological polar surface area (TPSA) is 106 Å². The van der Waals surface area contributed by atoms with Gasteiger partial charge in [-0.2, -0.15) is 5.26 Å².